The first kappa shape index (κ1) is 14.9. The minimum atomic E-state index is -3.00. The molecule has 0 aliphatic carbocycles. The molecule has 1 heterocycles. The molecule has 112 valence electrons. The molecule has 0 saturated heterocycles. The minimum Gasteiger partial charge on any atom is -0.493 e. The fourth-order valence-corrected chi connectivity index (χ4v) is 1.71. The van der Waals surface area contributed by atoms with Crippen LogP contribution in [0.5, 0.6) is 11.5 Å². The first-order chi connectivity index (χ1) is 9.92. The van der Waals surface area contributed by atoms with E-state index in [9.17, 15) is 13.2 Å². The summed E-state index contributed by atoms with van der Waals surface area (Å²) >= 11 is 0. The standard InChI is InChI=1S/C13H12F3N3O2/c1-6-10(14)11(17)19-12(18-6)7-3-4-8(20-2)9(5-7)21-13(15)16/h3-5,13H,1-2H3,(H2,17,18,19). The van der Waals surface area contributed by atoms with Gasteiger partial charge in [0, 0.05) is 5.56 Å². The van der Waals surface area contributed by atoms with Crippen molar-refractivity contribution < 1.29 is 22.6 Å². The number of hydrogen-bond donors (Lipinski definition) is 1. The van der Waals surface area contributed by atoms with E-state index < -0.39 is 12.4 Å². The number of alkyl halides is 2. The van der Waals surface area contributed by atoms with Crippen molar-refractivity contribution in [2.45, 2.75) is 13.5 Å². The van der Waals surface area contributed by atoms with Crippen molar-refractivity contribution in [2.24, 2.45) is 0 Å². The molecular weight excluding hydrogens is 287 g/mol. The molecular formula is C13H12F3N3O2. The van der Waals surface area contributed by atoms with E-state index in [0.717, 1.165) is 0 Å². The Morgan fingerprint density at radius 1 is 1.19 bits per heavy atom. The molecule has 0 unspecified atom stereocenters. The van der Waals surface area contributed by atoms with Crippen molar-refractivity contribution in [1.29, 1.82) is 0 Å². The number of benzene rings is 1. The molecule has 0 aliphatic rings. The Bertz CT molecular complexity index is 642. The monoisotopic (exact) mass is 299 g/mol. The van der Waals surface area contributed by atoms with Gasteiger partial charge in [-0.3, -0.25) is 0 Å². The predicted molar refractivity (Wildman–Crippen MR) is 69.8 cm³/mol. The molecule has 0 amide bonds. The van der Waals surface area contributed by atoms with Crippen molar-refractivity contribution in [3.8, 4) is 22.9 Å². The molecule has 21 heavy (non-hydrogen) atoms. The van der Waals surface area contributed by atoms with Crippen LogP contribution in [0.15, 0.2) is 18.2 Å². The van der Waals surface area contributed by atoms with Crippen LogP contribution in [0.1, 0.15) is 5.69 Å². The molecule has 5 nitrogen and oxygen atoms in total. The lowest BCUT2D eigenvalue weighted by Gasteiger charge is -2.11. The van der Waals surface area contributed by atoms with E-state index in [1.54, 1.807) is 0 Å². The smallest absolute Gasteiger partial charge is 0.387 e. The van der Waals surface area contributed by atoms with Crippen molar-refractivity contribution in [3.63, 3.8) is 0 Å². The zero-order chi connectivity index (χ0) is 15.6. The van der Waals surface area contributed by atoms with E-state index in [2.05, 4.69) is 14.7 Å². The summed E-state index contributed by atoms with van der Waals surface area (Å²) in [4.78, 5) is 7.72. The van der Waals surface area contributed by atoms with Crippen LogP contribution in [0, 0.1) is 12.7 Å². The number of nitrogen functional groups attached to an aromatic ring is 1. The lowest BCUT2D eigenvalue weighted by atomic mass is 10.2. The van der Waals surface area contributed by atoms with E-state index in [4.69, 9.17) is 10.5 Å². The van der Waals surface area contributed by atoms with E-state index in [1.807, 2.05) is 0 Å². The Balaban J connectivity index is 2.49. The fourth-order valence-electron chi connectivity index (χ4n) is 1.71. The van der Waals surface area contributed by atoms with Crippen molar-refractivity contribution >= 4 is 5.82 Å². The normalized spacial score (nSPS) is 10.8. The van der Waals surface area contributed by atoms with Crippen LogP contribution < -0.4 is 15.2 Å². The number of rotatable bonds is 4. The molecule has 0 fully saturated rings. The highest BCUT2D eigenvalue weighted by Gasteiger charge is 2.15. The lowest BCUT2D eigenvalue weighted by Crippen LogP contribution is -2.05. The number of aryl methyl sites for hydroxylation is 1. The van der Waals surface area contributed by atoms with Gasteiger partial charge in [-0.1, -0.05) is 0 Å². The van der Waals surface area contributed by atoms with Crippen molar-refractivity contribution in [3.05, 3.63) is 29.7 Å². The first-order valence-corrected chi connectivity index (χ1v) is 5.85. The summed E-state index contributed by atoms with van der Waals surface area (Å²) in [6.07, 6.45) is 0. The van der Waals surface area contributed by atoms with Crippen molar-refractivity contribution in [2.75, 3.05) is 12.8 Å². The molecule has 8 heteroatoms. The molecule has 0 radical (unpaired) electrons. The molecule has 0 spiro atoms. The van der Waals surface area contributed by atoms with E-state index in [0.29, 0.717) is 5.56 Å². The van der Waals surface area contributed by atoms with Gasteiger partial charge in [0.2, 0.25) is 0 Å². The number of hydrogen-bond acceptors (Lipinski definition) is 5. The van der Waals surface area contributed by atoms with E-state index >= 15 is 0 Å². The summed E-state index contributed by atoms with van der Waals surface area (Å²) in [5, 5.41) is 0. The summed E-state index contributed by atoms with van der Waals surface area (Å²) in [5.74, 6) is -0.964. The molecule has 1 aromatic heterocycles. The number of nitrogens with two attached hydrogens (primary N) is 1. The van der Waals surface area contributed by atoms with Crippen LogP contribution in [0.3, 0.4) is 0 Å². The Labute approximate surface area is 118 Å². The van der Waals surface area contributed by atoms with Gasteiger partial charge in [0.15, 0.2) is 29.0 Å². The maximum Gasteiger partial charge on any atom is 0.387 e. The third-order valence-electron chi connectivity index (χ3n) is 2.68. The number of halogens is 3. The highest BCUT2D eigenvalue weighted by molar-refractivity contribution is 5.62. The van der Waals surface area contributed by atoms with Gasteiger partial charge in [0.1, 0.15) is 0 Å². The highest BCUT2D eigenvalue weighted by atomic mass is 19.3. The van der Waals surface area contributed by atoms with Crippen molar-refractivity contribution in [1.82, 2.24) is 9.97 Å². The molecule has 2 rings (SSSR count). The lowest BCUT2D eigenvalue weighted by molar-refractivity contribution is -0.0511. The largest absolute Gasteiger partial charge is 0.493 e. The summed E-state index contributed by atoms with van der Waals surface area (Å²) in [5.41, 5.74) is 5.84. The average Bonchev–Trinajstić information content (AvgIpc) is 2.43. The maximum atomic E-state index is 13.4. The van der Waals surface area contributed by atoms with Gasteiger partial charge in [-0.15, -0.1) is 0 Å². The van der Waals surface area contributed by atoms with Crippen LogP contribution in [-0.2, 0) is 0 Å². The second-order valence-corrected chi connectivity index (χ2v) is 4.08. The summed E-state index contributed by atoms with van der Waals surface area (Å²) in [6, 6.07) is 4.23. The Hall–Kier alpha value is -2.51. The summed E-state index contributed by atoms with van der Waals surface area (Å²) < 4.78 is 47.4. The molecule has 1 aromatic carbocycles. The predicted octanol–water partition coefficient (Wildman–Crippen LogP) is 2.78. The zero-order valence-electron chi connectivity index (χ0n) is 11.2. The highest BCUT2D eigenvalue weighted by Crippen LogP contribution is 2.33. The van der Waals surface area contributed by atoms with E-state index in [-0.39, 0.29) is 28.8 Å². The molecule has 0 bridgehead atoms. The van der Waals surface area contributed by atoms with Gasteiger partial charge in [-0.2, -0.15) is 8.78 Å². The van der Waals surface area contributed by atoms with Gasteiger partial charge in [-0.25, -0.2) is 14.4 Å². The van der Waals surface area contributed by atoms with Gasteiger partial charge < -0.3 is 15.2 Å². The first-order valence-electron chi connectivity index (χ1n) is 5.85. The number of aromatic nitrogens is 2. The van der Waals surface area contributed by atoms with Gasteiger partial charge in [0.05, 0.1) is 12.8 Å². The Kier molecular flexibility index (Phi) is 4.15. The second kappa shape index (κ2) is 5.86. The molecule has 2 N–H and O–H groups in total. The number of ether oxygens (including phenoxy) is 2. The van der Waals surface area contributed by atoms with E-state index in [1.165, 1.54) is 32.2 Å². The van der Waals surface area contributed by atoms with Crippen LogP contribution >= 0.6 is 0 Å². The second-order valence-electron chi connectivity index (χ2n) is 4.08. The quantitative estimate of drug-likeness (QED) is 0.940. The number of methoxy groups -OCH3 is 1. The fraction of sp³-hybridized carbons (Fsp3) is 0.231. The van der Waals surface area contributed by atoms with Crippen LogP contribution in [0.4, 0.5) is 19.0 Å². The number of anilines is 1. The average molecular weight is 299 g/mol. The maximum absolute atomic E-state index is 13.4. The van der Waals surface area contributed by atoms with Gasteiger partial charge in [0.25, 0.3) is 0 Å². The molecule has 0 atom stereocenters. The van der Waals surface area contributed by atoms with Crippen LogP contribution in [0.25, 0.3) is 11.4 Å². The molecule has 2 aromatic rings. The topological polar surface area (TPSA) is 70.3 Å². The number of nitrogens with zero attached hydrogens (tertiary/aromatic N) is 2. The third-order valence-corrected chi connectivity index (χ3v) is 2.68. The molecule has 0 saturated carbocycles. The Morgan fingerprint density at radius 3 is 2.48 bits per heavy atom. The Morgan fingerprint density at radius 2 is 1.90 bits per heavy atom. The minimum absolute atomic E-state index is 0.0599. The summed E-state index contributed by atoms with van der Waals surface area (Å²) in [7, 11) is 1.32. The van der Waals surface area contributed by atoms with Gasteiger partial charge >= 0.3 is 6.61 Å². The zero-order valence-corrected chi connectivity index (χ0v) is 11.2. The third kappa shape index (κ3) is 3.15. The van der Waals surface area contributed by atoms with Crippen LogP contribution in [-0.4, -0.2) is 23.7 Å². The molecule has 0 aliphatic heterocycles. The van der Waals surface area contributed by atoms with Crippen LogP contribution in [0.2, 0.25) is 0 Å². The SMILES string of the molecule is COc1ccc(-c2nc(C)c(F)c(N)n2)cc1OC(F)F. The van der Waals surface area contributed by atoms with Gasteiger partial charge in [-0.05, 0) is 25.1 Å². The summed E-state index contributed by atoms with van der Waals surface area (Å²) in [6.45, 7) is -1.58.